The number of carboxylic acid groups (broad SMARTS) is 1. The zero-order chi connectivity index (χ0) is 19.7. The molecule has 0 aliphatic rings. The third kappa shape index (κ3) is 6.15. The van der Waals surface area contributed by atoms with Crippen LogP contribution in [0.1, 0.15) is 30.6 Å². The van der Waals surface area contributed by atoms with Gasteiger partial charge in [-0.15, -0.1) is 0 Å². The highest BCUT2D eigenvalue weighted by Gasteiger charge is 2.38. The van der Waals surface area contributed by atoms with Gasteiger partial charge in [0.2, 0.25) is 0 Å². The molecule has 0 aliphatic carbocycles. The Morgan fingerprint density at radius 3 is 2.35 bits per heavy atom. The van der Waals surface area contributed by atoms with E-state index < -0.39 is 48.0 Å². The molecule has 0 saturated carbocycles. The van der Waals surface area contributed by atoms with Crippen molar-refractivity contribution in [2.45, 2.75) is 26.3 Å². The van der Waals surface area contributed by atoms with Gasteiger partial charge in [0, 0.05) is 5.56 Å². The van der Waals surface area contributed by atoms with Gasteiger partial charge in [0.1, 0.15) is 11.9 Å². The maximum atomic E-state index is 13.2. The number of carbonyl (C=O) groups is 4. The molecule has 0 fully saturated rings. The second-order valence-electron chi connectivity index (χ2n) is 5.17. The van der Waals surface area contributed by atoms with E-state index in [4.69, 9.17) is 9.47 Å². The summed E-state index contributed by atoms with van der Waals surface area (Å²) in [6.07, 6.45) is -0.590. The number of hydrogen-bond donors (Lipinski definition) is 2. The Balaban J connectivity index is 3.06. The molecule has 0 radical (unpaired) electrons. The third-order valence-corrected chi connectivity index (χ3v) is 3.32. The molecule has 1 aromatic rings. The number of hydrogen-bond acceptors (Lipinski definition) is 6. The van der Waals surface area contributed by atoms with E-state index >= 15 is 0 Å². The molecule has 9 heteroatoms. The molecule has 0 saturated heterocycles. The third-order valence-electron chi connectivity index (χ3n) is 3.32. The van der Waals surface area contributed by atoms with Gasteiger partial charge in [-0.25, -0.2) is 9.18 Å². The van der Waals surface area contributed by atoms with Crippen LogP contribution >= 0.6 is 0 Å². The number of esters is 2. The fourth-order valence-electron chi connectivity index (χ4n) is 2.17. The van der Waals surface area contributed by atoms with Crippen LogP contribution in [-0.4, -0.2) is 48.2 Å². The van der Waals surface area contributed by atoms with E-state index in [1.807, 2.05) is 0 Å². The van der Waals surface area contributed by atoms with Crippen LogP contribution in [0.15, 0.2) is 24.3 Å². The zero-order valence-electron chi connectivity index (χ0n) is 14.4. The molecule has 0 aliphatic heterocycles. The number of ether oxygens (including phenoxy) is 2. The Morgan fingerprint density at radius 2 is 1.81 bits per heavy atom. The molecule has 2 N–H and O–H groups in total. The van der Waals surface area contributed by atoms with E-state index in [0.717, 1.165) is 12.1 Å². The normalized spacial score (nSPS) is 12.6. The molecule has 0 aromatic heterocycles. The van der Waals surface area contributed by atoms with Crippen molar-refractivity contribution in [1.29, 1.82) is 0 Å². The number of benzene rings is 1. The molecular formula is C17H20FNO7. The van der Waals surface area contributed by atoms with Crippen LogP contribution in [0, 0.1) is 11.7 Å². The summed E-state index contributed by atoms with van der Waals surface area (Å²) < 4.78 is 22.8. The number of halogens is 1. The smallest absolute Gasteiger partial charge is 0.327 e. The zero-order valence-corrected chi connectivity index (χ0v) is 14.4. The van der Waals surface area contributed by atoms with Crippen LogP contribution in [0.4, 0.5) is 4.39 Å². The van der Waals surface area contributed by atoms with Gasteiger partial charge in [-0.05, 0) is 32.0 Å². The van der Waals surface area contributed by atoms with Crippen LogP contribution in [0.25, 0.3) is 0 Å². The van der Waals surface area contributed by atoms with Gasteiger partial charge in [-0.1, -0.05) is 6.07 Å². The number of rotatable bonds is 9. The summed E-state index contributed by atoms with van der Waals surface area (Å²) in [5, 5.41) is 11.5. The molecule has 0 unspecified atom stereocenters. The van der Waals surface area contributed by atoms with Crippen molar-refractivity contribution in [2.24, 2.45) is 5.92 Å². The van der Waals surface area contributed by atoms with Gasteiger partial charge in [0.15, 0.2) is 0 Å². The molecule has 0 spiro atoms. The van der Waals surface area contributed by atoms with Gasteiger partial charge in [0.25, 0.3) is 5.91 Å². The molecule has 26 heavy (non-hydrogen) atoms. The standard InChI is InChI=1S/C17H20FNO7/c1-3-25-13(20)9-12(17(24)26-4-2)14(16(22)23)19-15(21)10-6-5-7-11(18)8-10/h5-8,12,14H,3-4,9H2,1-2H3,(H,19,21)(H,22,23)/t12-,14+/m1/s1. The Bertz CT molecular complexity index is 677. The van der Waals surface area contributed by atoms with E-state index in [9.17, 15) is 28.7 Å². The number of aliphatic carboxylic acids is 1. The number of carboxylic acids is 1. The maximum Gasteiger partial charge on any atom is 0.327 e. The predicted molar refractivity (Wildman–Crippen MR) is 86.7 cm³/mol. The van der Waals surface area contributed by atoms with Crippen molar-refractivity contribution in [3.63, 3.8) is 0 Å². The van der Waals surface area contributed by atoms with E-state index in [1.54, 1.807) is 6.92 Å². The second-order valence-corrected chi connectivity index (χ2v) is 5.17. The fraction of sp³-hybridized carbons (Fsp3) is 0.412. The minimum Gasteiger partial charge on any atom is -0.480 e. The van der Waals surface area contributed by atoms with Crippen molar-refractivity contribution >= 4 is 23.8 Å². The first-order valence-electron chi connectivity index (χ1n) is 7.91. The molecule has 1 amide bonds. The van der Waals surface area contributed by atoms with Gasteiger partial charge < -0.3 is 19.9 Å². The Kier molecular flexibility index (Phi) is 8.20. The molecule has 0 bridgehead atoms. The monoisotopic (exact) mass is 369 g/mol. The topological polar surface area (TPSA) is 119 Å². The van der Waals surface area contributed by atoms with Gasteiger partial charge in [-0.3, -0.25) is 14.4 Å². The highest BCUT2D eigenvalue weighted by molar-refractivity contribution is 5.98. The number of carbonyl (C=O) groups excluding carboxylic acids is 3. The van der Waals surface area contributed by atoms with Gasteiger partial charge in [0.05, 0.1) is 25.6 Å². The first-order valence-corrected chi connectivity index (χ1v) is 7.91. The molecular weight excluding hydrogens is 349 g/mol. The summed E-state index contributed by atoms with van der Waals surface area (Å²) in [7, 11) is 0. The van der Waals surface area contributed by atoms with E-state index in [1.165, 1.54) is 19.1 Å². The molecule has 0 heterocycles. The van der Waals surface area contributed by atoms with Crippen LogP contribution in [0.2, 0.25) is 0 Å². The minimum absolute atomic E-state index is 0.0393. The van der Waals surface area contributed by atoms with Crippen molar-refractivity contribution in [3.05, 3.63) is 35.6 Å². The fourth-order valence-corrected chi connectivity index (χ4v) is 2.17. The molecule has 8 nitrogen and oxygen atoms in total. The number of nitrogens with one attached hydrogen (secondary N) is 1. The van der Waals surface area contributed by atoms with E-state index in [-0.39, 0.29) is 18.8 Å². The first kappa shape index (κ1) is 21.1. The Morgan fingerprint density at radius 1 is 1.15 bits per heavy atom. The molecule has 2 atom stereocenters. The van der Waals surface area contributed by atoms with E-state index in [2.05, 4.69) is 5.32 Å². The summed E-state index contributed by atoms with van der Waals surface area (Å²) in [4.78, 5) is 47.6. The Hall–Kier alpha value is -2.97. The lowest BCUT2D eigenvalue weighted by Gasteiger charge is -2.22. The summed E-state index contributed by atoms with van der Waals surface area (Å²) in [6, 6.07) is 2.84. The largest absolute Gasteiger partial charge is 0.480 e. The van der Waals surface area contributed by atoms with Crippen molar-refractivity contribution in [3.8, 4) is 0 Å². The lowest BCUT2D eigenvalue weighted by Crippen LogP contribution is -2.49. The lowest BCUT2D eigenvalue weighted by atomic mass is 9.95. The van der Waals surface area contributed by atoms with Gasteiger partial charge >= 0.3 is 17.9 Å². The summed E-state index contributed by atoms with van der Waals surface area (Å²) in [5.41, 5.74) is -0.130. The van der Waals surface area contributed by atoms with Crippen molar-refractivity contribution in [2.75, 3.05) is 13.2 Å². The summed E-state index contributed by atoms with van der Waals surface area (Å²) >= 11 is 0. The van der Waals surface area contributed by atoms with Crippen LogP contribution in [0.5, 0.6) is 0 Å². The summed E-state index contributed by atoms with van der Waals surface area (Å²) in [6.45, 7) is 3.07. The molecule has 1 rings (SSSR count). The van der Waals surface area contributed by atoms with Crippen LogP contribution < -0.4 is 5.32 Å². The molecule has 1 aromatic carbocycles. The van der Waals surface area contributed by atoms with Crippen molar-refractivity contribution in [1.82, 2.24) is 5.32 Å². The Labute approximate surface area is 149 Å². The molecule has 142 valence electrons. The SMILES string of the molecule is CCOC(=O)C[C@@H](C(=O)OCC)[C@H](NC(=O)c1cccc(F)c1)C(=O)O. The first-order chi connectivity index (χ1) is 12.3. The van der Waals surface area contributed by atoms with Crippen molar-refractivity contribution < 1.29 is 38.1 Å². The predicted octanol–water partition coefficient (Wildman–Crippen LogP) is 1.14. The highest BCUT2D eigenvalue weighted by atomic mass is 19.1. The lowest BCUT2D eigenvalue weighted by molar-refractivity contribution is -0.159. The second kappa shape index (κ2) is 10.1. The number of amides is 1. The average Bonchev–Trinajstić information content (AvgIpc) is 2.58. The maximum absolute atomic E-state index is 13.2. The average molecular weight is 369 g/mol. The van der Waals surface area contributed by atoms with Gasteiger partial charge in [-0.2, -0.15) is 0 Å². The minimum atomic E-state index is -1.76. The van der Waals surface area contributed by atoms with E-state index in [0.29, 0.717) is 0 Å². The quantitative estimate of drug-likeness (QED) is 0.627. The summed E-state index contributed by atoms with van der Waals surface area (Å²) in [5.74, 6) is -6.40. The van der Waals surface area contributed by atoms with Crippen LogP contribution in [0.3, 0.4) is 0 Å². The highest BCUT2D eigenvalue weighted by Crippen LogP contribution is 2.15. The van der Waals surface area contributed by atoms with Crippen LogP contribution in [-0.2, 0) is 23.9 Å².